The Hall–Kier alpha value is -3.35. The van der Waals surface area contributed by atoms with Crippen LogP contribution in [0.3, 0.4) is 0 Å². The molecule has 0 aliphatic carbocycles. The van der Waals surface area contributed by atoms with Crippen molar-refractivity contribution in [2.75, 3.05) is 13.7 Å². The highest BCUT2D eigenvalue weighted by Crippen LogP contribution is 2.17. The average molecular weight is 395 g/mol. The Kier molecular flexibility index (Phi) is 6.16. The van der Waals surface area contributed by atoms with Gasteiger partial charge in [0.05, 0.1) is 23.2 Å². The van der Waals surface area contributed by atoms with Crippen molar-refractivity contribution in [1.29, 1.82) is 0 Å². The lowest BCUT2D eigenvalue weighted by Crippen LogP contribution is -2.34. The lowest BCUT2D eigenvalue weighted by atomic mass is 10.2. The van der Waals surface area contributed by atoms with Gasteiger partial charge in [-0.05, 0) is 37.6 Å². The normalized spacial score (nSPS) is 10.9. The van der Waals surface area contributed by atoms with Gasteiger partial charge in [0.15, 0.2) is 0 Å². The van der Waals surface area contributed by atoms with Crippen molar-refractivity contribution in [3.05, 3.63) is 70.1 Å². The van der Waals surface area contributed by atoms with Crippen LogP contribution < -0.4 is 5.69 Å². The molecule has 1 aromatic heterocycles. The molecule has 0 spiro atoms. The summed E-state index contributed by atoms with van der Waals surface area (Å²) in [5.41, 5.74) is 2.32. The molecule has 0 atom stereocenters. The van der Waals surface area contributed by atoms with Crippen molar-refractivity contribution in [3.8, 4) is 0 Å². The Labute approximate surface area is 169 Å². The van der Waals surface area contributed by atoms with Gasteiger partial charge < -0.3 is 9.64 Å². The number of aromatic nitrogens is 2. The molecule has 0 N–H and O–H groups in total. The quantitative estimate of drug-likeness (QED) is 0.577. The van der Waals surface area contributed by atoms with Crippen LogP contribution in [0.2, 0.25) is 0 Å². The molecule has 3 aromatic rings. The summed E-state index contributed by atoms with van der Waals surface area (Å²) in [4.78, 5) is 39.4. The Bertz CT molecular complexity index is 1080. The molecule has 29 heavy (non-hydrogen) atoms. The maximum atomic E-state index is 12.9. The standard InChI is InChI=1S/C22H25N3O4/c1-4-24-18-12-11-17(21(27)29-5-2)13-19(18)25(22(24)28)15-20(26)23(3)14-16-9-7-6-8-10-16/h6-13H,4-5,14-15H2,1-3H3. The van der Waals surface area contributed by atoms with Gasteiger partial charge in [-0.1, -0.05) is 30.3 Å². The van der Waals surface area contributed by atoms with Gasteiger partial charge in [-0.25, -0.2) is 9.59 Å². The minimum Gasteiger partial charge on any atom is -0.462 e. The summed E-state index contributed by atoms with van der Waals surface area (Å²) in [6, 6.07) is 14.6. The second kappa shape index (κ2) is 8.77. The zero-order chi connectivity index (χ0) is 21.0. The van der Waals surface area contributed by atoms with Crippen LogP contribution in [0, 0.1) is 0 Å². The number of esters is 1. The topological polar surface area (TPSA) is 73.5 Å². The number of likely N-dealkylation sites (N-methyl/N-ethyl adjacent to an activating group) is 1. The van der Waals surface area contributed by atoms with Crippen molar-refractivity contribution < 1.29 is 14.3 Å². The van der Waals surface area contributed by atoms with Crippen molar-refractivity contribution in [2.45, 2.75) is 33.5 Å². The number of rotatable bonds is 7. The molecular weight excluding hydrogens is 370 g/mol. The van der Waals surface area contributed by atoms with E-state index in [1.807, 2.05) is 37.3 Å². The fourth-order valence-electron chi connectivity index (χ4n) is 3.32. The van der Waals surface area contributed by atoms with E-state index >= 15 is 0 Å². The maximum absolute atomic E-state index is 12.9. The zero-order valence-corrected chi connectivity index (χ0v) is 16.9. The van der Waals surface area contributed by atoms with E-state index < -0.39 is 5.97 Å². The third kappa shape index (κ3) is 4.23. The number of fused-ring (bicyclic) bond motifs is 1. The van der Waals surface area contributed by atoms with E-state index in [4.69, 9.17) is 4.74 Å². The number of hydrogen-bond acceptors (Lipinski definition) is 4. The van der Waals surface area contributed by atoms with Gasteiger partial charge in [0.25, 0.3) is 0 Å². The van der Waals surface area contributed by atoms with Crippen LogP contribution in [0.5, 0.6) is 0 Å². The van der Waals surface area contributed by atoms with Gasteiger partial charge in [0.2, 0.25) is 5.91 Å². The monoisotopic (exact) mass is 395 g/mol. The van der Waals surface area contributed by atoms with E-state index in [1.54, 1.807) is 41.6 Å². The third-order valence-electron chi connectivity index (χ3n) is 4.83. The Morgan fingerprint density at radius 1 is 1.00 bits per heavy atom. The molecule has 0 fully saturated rings. The van der Waals surface area contributed by atoms with Crippen molar-refractivity contribution in [2.24, 2.45) is 0 Å². The maximum Gasteiger partial charge on any atom is 0.338 e. The number of carbonyl (C=O) groups excluding carboxylic acids is 2. The number of carbonyl (C=O) groups is 2. The minimum atomic E-state index is -0.454. The summed E-state index contributed by atoms with van der Waals surface area (Å²) < 4.78 is 8.07. The smallest absolute Gasteiger partial charge is 0.338 e. The zero-order valence-electron chi connectivity index (χ0n) is 16.9. The summed E-state index contributed by atoms with van der Waals surface area (Å²) >= 11 is 0. The van der Waals surface area contributed by atoms with Crippen molar-refractivity contribution in [1.82, 2.24) is 14.0 Å². The molecular formula is C22H25N3O4. The highest BCUT2D eigenvalue weighted by atomic mass is 16.5. The first-order valence-corrected chi connectivity index (χ1v) is 9.64. The van der Waals surface area contributed by atoms with E-state index in [0.29, 0.717) is 29.7 Å². The number of hydrogen-bond donors (Lipinski definition) is 0. The number of amides is 1. The van der Waals surface area contributed by atoms with Gasteiger partial charge in [0.1, 0.15) is 6.54 Å². The third-order valence-corrected chi connectivity index (χ3v) is 4.83. The van der Waals surface area contributed by atoms with Crippen LogP contribution in [0.1, 0.15) is 29.8 Å². The van der Waals surface area contributed by atoms with E-state index in [1.165, 1.54) is 4.57 Å². The Morgan fingerprint density at radius 2 is 1.72 bits per heavy atom. The van der Waals surface area contributed by atoms with Crippen molar-refractivity contribution in [3.63, 3.8) is 0 Å². The summed E-state index contributed by atoms with van der Waals surface area (Å²) in [6.45, 7) is 4.69. The predicted octanol–water partition coefficient (Wildman–Crippen LogP) is 2.66. The lowest BCUT2D eigenvalue weighted by Gasteiger charge is -2.17. The lowest BCUT2D eigenvalue weighted by molar-refractivity contribution is -0.131. The van der Waals surface area contributed by atoms with Crippen LogP contribution >= 0.6 is 0 Å². The van der Waals surface area contributed by atoms with Crippen LogP contribution in [0.4, 0.5) is 0 Å². The number of benzene rings is 2. The molecule has 3 rings (SSSR count). The summed E-state index contributed by atoms with van der Waals surface area (Å²) in [5, 5.41) is 0. The number of aryl methyl sites for hydroxylation is 1. The van der Waals surface area contributed by atoms with Gasteiger partial charge in [-0.15, -0.1) is 0 Å². The molecule has 7 heteroatoms. The average Bonchev–Trinajstić information content (AvgIpc) is 2.99. The molecule has 0 bridgehead atoms. The molecule has 0 saturated heterocycles. The van der Waals surface area contributed by atoms with E-state index in [9.17, 15) is 14.4 Å². The van der Waals surface area contributed by atoms with Crippen molar-refractivity contribution >= 4 is 22.9 Å². The summed E-state index contributed by atoms with van der Waals surface area (Å²) in [7, 11) is 1.71. The predicted molar refractivity (Wildman–Crippen MR) is 111 cm³/mol. The number of ether oxygens (including phenoxy) is 1. The summed E-state index contributed by atoms with van der Waals surface area (Å²) in [6.07, 6.45) is 0. The SMILES string of the molecule is CCOC(=O)c1ccc2c(c1)n(CC(=O)N(C)Cc1ccccc1)c(=O)n2CC. The Morgan fingerprint density at radius 3 is 2.38 bits per heavy atom. The minimum absolute atomic E-state index is 0.0993. The van der Waals surface area contributed by atoms with Crippen LogP contribution in [-0.2, 0) is 29.2 Å². The fourth-order valence-corrected chi connectivity index (χ4v) is 3.32. The summed E-state index contributed by atoms with van der Waals surface area (Å²) in [5.74, 6) is -0.641. The molecule has 152 valence electrons. The van der Waals surface area contributed by atoms with Crippen LogP contribution in [0.25, 0.3) is 11.0 Å². The first kappa shape index (κ1) is 20.4. The molecule has 1 heterocycles. The van der Waals surface area contributed by atoms with Gasteiger partial charge in [-0.2, -0.15) is 0 Å². The van der Waals surface area contributed by atoms with E-state index in [2.05, 4.69) is 0 Å². The van der Waals surface area contributed by atoms with Gasteiger partial charge in [0, 0.05) is 20.1 Å². The van der Waals surface area contributed by atoms with Gasteiger partial charge in [-0.3, -0.25) is 13.9 Å². The molecule has 0 radical (unpaired) electrons. The van der Waals surface area contributed by atoms with E-state index in [0.717, 1.165) is 5.56 Å². The first-order chi connectivity index (χ1) is 14.0. The Balaban J connectivity index is 1.93. The molecule has 0 saturated carbocycles. The fraction of sp³-hybridized carbons (Fsp3) is 0.318. The first-order valence-electron chi connectivity index (χ1n) is 9.64. The molecule has 0 unspecified atom stereocenters. The van der Waals surface area contributed by atoms with Crippen LogP contribution in [0.15, 0.2) is 53.3 Å². The molecule has 0 aliphatic heterocycles. The molecule has 0 aliphatic rings. The van der Waals surface area contributed by atoms with Crippen LogP contribution in [-0.4, -0.2) is 39.6 Å². The molecule has 2 aromatic carbocycles. The molecule has 1 amide bonds. The second-order valence-corrected chi connectivity index (χ2v) is 6.77. The largest absolute Gasteiger partial charge is 0.462 e. The number of nitrogens with zero attached hydrogens (tertiary/aromatic N) is 3. The second-order valence-electron chi connectivity index (χ2n) is 6.77. The van der Waals surface area contributed by atoms with Gasteiger partial charge >= 0.3 is 11.7 Å². The van der Waals surface area contributed by atoms with E-state index in [-0.39, 0.29) is 24.7 Å². The molecule has 7 nitrogen and oxygen atoms in total. The number of imidazole rings is 1. The highest BCUT2D eigenvalue weighted by Gasteiger charge is 2.19. The highest BCUT2D eigenvalue weighted by molar-refractivity contribution is 5.94.